The predicted molar refractivity (Wildman–Crippen MR) is 121 cm³/mol. The monoisotopic (exact) mass is 496 g/mol. The maximum atomic E-state index is 6.08. The lowest BCUT2D eigenvalue weighted by Crippen LogP contribution is -2.50. The van der Waals surface area contributed by atoms with Crippen molar-refractivity contribution in [3.8, 4) is 0 Å². The molecule has 2 saturated heterocycles. The Balaban J connectivity index is 0.00000225. The van der Waals surface area contributed by atoms with Crippen LogP contribution in [-0.4, -0.2) is 71.0 Å². The first-order valence-electron chi connectivity index (χ1n) is 9.55. The van der Waals surface area contributed by atoms with E-state index in [2.05, 4.69) is 55.5 Å². The maximum Gasteiger partial charge on any atom is 0.194 e. The Labute approximate surface area is 183 Å². The highest BCUT2D eigenvalue weighted by molar-refractivity contribution is 14.0. The Kier molecular flexibility index (Phi) is 7.30. The minimum Gasteiger partial charge on any atom is -0.373 e. The van der Waals surface area contributed by atoms with Crippen molar-refractivity contribution >= 4 is 29.9 Å². The Hall–Kier alpha value is -1.65. The van der Waals surface area contributed by atoms with Crippen LogP contribution in [0.15, 0.2) is 47.7 Å². The fourth-order valence-corrected chi connectivity index (χ4v) is 4.02. The number of hydrogen-bond donors (Lipinski definition) is 1. The van der Waals surface area contributed by atoms with Crippen molar-refractivity contribution < 1.29 is 4.74 Å². The summed E-state index contributed by atoms with van der Waals surface area (Å²) in [6, 6.07) is 11.1. The van der Waals surface area contributed by atoms with Gasteiger partial charge >= 0.3 is 0 Å². The average Bonchev–Trinajstić information content (AvgIpc) is 3.30. The highest BCUT2D eigenvalue weighted by atomic mass is 127. The molecule has 152 valence electrons. The van der Waals surface area contributed by atoms with E-state index in [1.54, 1.807) is 0 Å². The molecule has 4 rings (SSSR count). The molecule has 0 aliphatic carbocycles. The number of fused-ring (bicyclic) bond motifs is 1. The van der Waals surface area contributed by atoms with Crippen molar-refractivity contribution in [3.05, 3.63) is 53.9 Å². The number of nitrogens with one attached hydrogen (secondary N) is 1. The summed E-state index contributed by atoms with van der Waals surface area (Å²) in [7, 11) is 3.78. The normalized spacial score (nSPS) is 22.6. The Morgan fingerprint density at radius 1 is 1.25 bits per heavy atom. The molecule has 0 amide bonds. The number of nitrogens with zero attached hydrogens (tertiary/aromatic N) is 5. The van der Waals surface area contributed by atoms with Crippen molar-refractivity contribution in [1.29, 1.82) is 0 Å². The molecule has 1 aromatic heterocycles. The summed E-state index contributed by atoms with van der Waals surface area (Å²) >= 11 is 0. The Morgan fingerprint density at radius 3 is 2.79 bits per heavy atom. The van der Waals surface area contributed by atoms with E-state index in [-0.39, 0.29) is 30.1 Å². The van der Waals surface area contributed by atoms with Crippen molar-refractivity contribution in [1.82, 2.24) is 24.9 Å². The van der Waals surface area contributed by atoms with Gasteiger partial charge in [0.2, 0.25) is 0 Å². The molecule has 0 bridgehead atoms. The van der Waals surface area contributed by atoms with Crippen LogP contribution in [0.5, 0.6) is 0 Å². The third-order valence-corrected chi connectivity index (χ3v) is 5.37. The topological polar surface area (TPSA) is 57.9 Å². The number of aliphatic imine (C=N–C) groups is 1. The fraction of sp³-hybridized carbons (Fsp3) is 0.500. The van der Waals surface area contributed by atoms with Crippen LogP contribution in [0.4, 0.5) is 0 Å². The van der Waals surface area contributed by atoms with Crippen LogP contribution in [-0.2, 0) is 24.9 Å². The van der Waals surface area contributed by atoms with Crippen LogP contribution < -0.4 is 5.32 Å². The summed E-state index contributed by atoms with van der Waals surface area (Å²) in [4.78, 5) is 9.36. The standard InChI is InChI=1S/C20H28N6O.HI/c1-21-20(22-10-17-11-23-24(2)12-17)26-14-18-19(15-26)27-9-8-25(18)13-16-6-4-3-5-7-16;/h3-7,11-12,18-19H,8-10,13-15H2,1-2H3,(H,21,22);1H. The van der Waals surface area contributed by atoms with Gasteiger partial charge in [-0.2, -0.15) is 5.10 Å². The summed E-state index contributed by atoms with van der Waals surface area (Å²) in [6.45, 7) is 5.28. The molecule has 1 aromatic carbocycles. The number of ether oxygens (including phenoxy) is 1. The molecular weight excluding hydrogens is 467 g/mol. The predicted octanol–water partition coefficient (Wildman–Crippen LogP) is 1.70. The number of hydrogen-bond acceptors (Lipinski definition) is 4. The van der Waals surface area contributed by atoms with Crippen LogP contribution >= 0.6 is 24.0 Å². The molecule has 8 heteroatoms. The zero-order valence-electron chi connectivity index (χ0n) is 16.5. The van der Waals surface area contributed by atoms with Gasteiger partial charge in [0.25, 0.3) is 0 Å². The largest absolute Gasteiger partial charge is 0.373 e. The number of morpholine rings is 1. The first kappa shape index (κ1) is 21.1. The summed E-state index contributed by atoms with van der Waals surface area (Å²) in [5, 5.41) is 7.69. The summed E-state index contributed by atoms with van der Waals surface area (Å²) < 4.78 is 7.90. The second-order valence-corrected chi connectivity index (χ2v) is 7.26. The van der Waals surface area contributed by atoms with E-state index in [1.165, 1.54) is 5.56 Å². The van der Waals surface area contributed by atoms with Crippen molar-refractivity contribution in [3.63, 3.8) is 0 Å². The van der Waals surface area contributed by atoms with Crippen LogP contribution in [0.3, 0.4) is 0 Å². The lowest BCUT2D eigenvalue weighted by atomic mass is 10.1. The molecule has 2 aliphatic heterocycles. The van der Waals surface area contributed by atoms with Crippen LogP contribution in [0.1, 0.15) is 11.1 Å². The molecule has 0 saturated carbocycles. The smallest absolute Gasteiger partial charge is 0.194 e. The molecule has 2 fully saturated rings. The van der Waals surface area contributed by atoms with Crippen LogP contribution in [0.2, 0.25) is 0 Å². The molecule has 7 nitrogen and oxygen atoms in total. The molecule has 0 radical (unpaired) electrons. The van der Waals surface area contributed by atoms with Gasteiger partial charge in [-0.1, -0.05) is 30.3 Å². The second-order valence-electron chi connectivity index (χ2n) is 7.26. The van der Waals surface area contributed by atoms with Gasteiger partial charge in [-0.3, -0.25) is 14.6 Å². The third kappa shape index (κ3) is 4.84. The van der Waals surface area contributed by atoms with E-state index in [0.29, 0.717) is 6.04 Å². The van der Waals surface area contributed by atoms with Gasteiger partial charge in [0.05, 0.1) is 24.9 Å². The maximum absolute atomic E-state index is 6.08. The molecule has 3 heterocycles. The van der Waals surface area contributed by atoms with Gasteiger partial charge in [-0.15, -0.1) is 24.0 Å². The highest BCUT2D eigenvalue weighted by Gasteiger charge is 2.41. The summed E-state index contributed by atoms with van der Waals surface area (Å²) in [5.41, 5.74) is 2.51. The van der Waals surface area contributed by atoms with Crippen LogP contribution in [0, 0.1) is 0 Å². The van der Waals surface area contributed by atoms with Crippen molar-refractivity contribution in [2.24, 2.45) is 12.0 Å². The number of guanidine groups is 1. The minimum atomic E-state index is 0. The van der Waals surface area contributed by atoms with E-state index in [0.717, 1.165) is 50.9 Å². The van der Waals surface area contributed by atoms with Gasteiger partial charge in [0, 0.05) is 58.6 Å². The van der Waals surface area contributed by atoms with Gasteiger partial charge in [-0.05, 0) is 5.56 Å². The first-order valence-corrected chi connectivity index (χ1v) is 9.55. The van der Waals surface area contributed by atoms with E-state index in [4.69, 9.17) is 4.74 Å². The molecule has 1 N–H and O–H groups in total. The number of likely N-dealkylation sites (tertiary alicyclic amines) is 1. The lowest BCUT2D eigenvalue weighted by Gasteiger charge is -2.36. The Bertz CT molecular complexity index is 780. The van der Waals surface area contributed by atoms with E-state index < -0.39 is 0 Å². The minimum absolute atomic E-state index is 0. The molecule has 2 atom stereocenters. The number of aromatic nitrogens is 2. The van der Waals surface area contributed by atoms with Crippen molar-refractivity contribution in [2.45, 2.75) is 25.2 Å². The zero-order valence-corrected chi connectivity index (χ0v) is 18.8. The number of halogens is 1. The van der Waals surface area contributed by atoms with E-state index in [1.807, 2.05) is 31.2 Å². The molecule has 28 heavy (non-hydrogen) atoms. The SMILES string of the molecule is CN=C(NCc1cnn(C)c1)N1CC2OCCN(Cc3ccccc3)C2C1.I. The molecular formula is C20H29IN6O. The lowest BCUT2D eigenvalue weighted by molar-refractivity contribution is -0.0502. The molecule has 0 spiro atoms. The quantitative estimate of drug-likeness (QED) is 0.397. The third-order valence-electron chi connectivity index (χ3n) is 5.37. The van der Waals surface area contributed by atoms with E-state index >= 15 is 0 Å². The average molecular weight is 496 g/mol. The first-order chi connectivity index (χ1) is 13.2. The van der Waals surface area contributed by atoms with Gasteiger partial charge in [0.15, 0.2) is 5.96 Å². The number of aryl methyl sites for hydroxylation is 1. The highest BCUT2D eigenvalue weighted by Crippen LogP contribution is 2.24. The van der Waals surface area contributed by atoms with Gasteiger partial charge in [-0.25, -0.2) is 0 Å². The molecule has 2 aromatic rings. The number of rotatable bonds is 4. The second kappa shape index (κ2) is 9.71. The molecule has 2 unspecified atom stereocenters. The zero-order chi connectivity index (χ0) is 18.6. The number of benzene rings is 1. The molecule has 2 aliphatic rings. The summed E-state index contributed by atoms with van der Waals surface area (Å²) in [5.74, 6) is 0.927. The van der Waals surface area contributed by atoms with Crippen LogP contribution in [0.25, 0.3) is 0 Å². The van der Waals surface area contributed by atoms with Gasteiger partial charge in [0.1, 0.15) is 0 Å². The fourth-order valence-electron chi connectivity index (χ4n) is 4.02. The Morgan fingerprint density at radius 2 is 2.07 bits per heavy atom. The van der Waals surface area contributed by atoms with E-state index in [9.17, 15) is 0 Å². The van der Waals surface area contributed by atoms with Gasteiger partial charge < -0.3 is 15.0 Å². The summed E-state index contributed by atoms with van der Waals surface area (Å²) in [6.07, 6.45) is 4.14. The van der Waals surface area contributed by atoms with Crippen molar-refractivity contribution in [2.75, 3.05) is 33.3 Å².